The lowest BCUT2D eigenvalue weighted by molar-refractivity contribution is 0.572. The third-order valence-electron chi connectivity index (χ3n) is 2.19. The average molecular weight is 228 g/mol. The topological polar surface area (TPSA) is 17.1 Å². The standard InChI is InChI=1S/C12H17FOS/c1-10(2)6-5-9-15(14)12-8-4-3-7-11(12)13/h3-4,7-8,10H,5-6,9H2,1-2H3. The average Bonchev–Trinajstić information content (AvgIpc) is 2.17. The molecule has 0 amide bonds. The molecule has 0 fully saturated rings. The van der Waals surface area contributed by atoms with Crippen LogP contribution in [0.25, 0.3) is 0 Å². The summed E-state index contributed by atoms with van der Waals surface area (Å²) in [5.74, 6) is 0.807. The number of benzene rings is 1. The number of hydrogen-bond donors (Lipinski definition) is 0. The zero-order valence-electron chi connectivity index (χ0n) is 9.20. The van der Waals surface area contributed by atoms with Crippen molar-refractivity contribution in [3.63, 3.8) is 0 Å². The van der Waals surface area contributed by atoms with Crippen LogP contribution in [0.15, 0.2) is 29.2 Å². The molecule has 0 saturated heterocycles. The molecule has 1 unspecified atom stereocenters. The zero-order valence-corrected chi connectivity index (χ0v) is 10.0. The maximum absolute atomic E-state index is 13.2. The van der Waals surface area contributed by atoms with Gasteiger partial charge in [0.05, 0.1) is 15.7 Å². The Morgan fingerprint density at radius 1 is 1.33 bits per heavy atom. The van der Waals surface area contributed by atoms with Gasteiger partial charge in [0.2, 0.25) is 0 Å². The molecule has 0 N–H and O–H groups in total. The van der Waals surface area contributed by atoms with Crippen LogP contribution in [-0.4, -0.2) is 9.96 Å². The highest BCUT2D eigenvalue weighted by Crippen LogP contribution is 2.14. The molecule has 1 rings (SSSR count). The van der Waals surface area contributed by atoms with E-state index in [1.54, 1.807) is 18.2 Å². The van der Waals surface area contributed by atoms with E-state index < -0.39 is 10.8 Å². The van der Waals surface area contributed by atoms with E-state index in [1.165, 1.54) is 6.07 Å². The lowest BCUT2D eigenvalue weighted by atomic mass is 10.1. The molecule has 1 aromatic rings. The molecule has 0 radical (unpaired) electrons. The van der Waals surface area contributed by atoms with Crippen LogP contribution in [0.1, 0.15) is 26.7 Å². The third-order valence-corrected chi connectivity index (χ3v) is 3.67. The fraction of sp³-hybridized carbons (Fsp3) is 0.500. The first-order valence-corrected chi connectivity index (χ1v) is 6.56. The third kappa shape index (κ3) is 4.12. The van der Waals surface area contributed by atoms with Crippen molar-refractivity contribution < 1.29 is 8.60 Å². The van der Waals surface area contributed by atoms with Crippen molar-refractivity contribution in [3.8, 4) is 0 Å². The van der Waals surface area contributed by atoms with Gasteiger partial charge in [0.25, 0.3) is 0 Å². The van der Waals surface area contributed by atoms with E-state index in [1.807, 2.05) is 0 Å². The van der Waals surface area contributed by atoms with Crippen molar-refractivity contribution in [2.24, 2.45) is 5.92 Å². The molecule has 84 valence electrons. The van der Waals surface area contributed by atoms with Gasteiger partial charge in [-0.25, -0.2) is 4.39 Å². The monoisotopic (exact) mass is 228 g/mol. The van der Waals surface area contributed by atoms with Gasteiger partial charge < -0.3 is 0 Å². The second kappa shape index (κ2) is 6.01. The van der Waals surface area contributed by atoms with Crippen LogP contribution in [-0.2, 0) is 10.8 Å². The zero-order chi connectivity index (χ0) is 11.3. The first-order chi connectivity index (χ1) is 7.11. The molecule has 0 aromatic heterocycles. The molecule has 0 saturated carbocycles. The summed E-state index contributed by atoms with van der Waals surface area (Å²) in [6, 6.07) is 6.29. The molecule has 0 aliphatic heterocycles. The summed E-state index contributed by atoms with van der Waals surface area (Å²) in [5, 5.41) is 0. The summed E-state index contributed by atoms with van der Waals surface area (Å²) in [6.07, 6.45) is 1.93. The second-order valence-corrected chi connectivity index (χ2v) is 5.56. The van der Waals surface area contributed by atoms with Gasteiger partial charge in [-0.05, 0) is 24.5 Å². The minimum Gasteiger partial charge on any atom is -0.254 e. The van der Waals surface area contributed by atoms with Gasteiger partial charge in [-0.15, -0.1) is 0 Å². The van der Waals surface area contributed by atoms with E-state index in [0.29, 0.717) is 16.6 Å². The van der Waals surface area contributed by atoms with Gasteiger partial charge in [0.1, 0.15) is 5.82 Å². The van der Waals surface area contributed by atoms with Crippen LogP contribution in [0.3, 0.4) is 0 Å². The van der Waals surface area contributed by atoms with E-state index in [-0.39, 0.29) is 5.82 Å². The minimum atomic E-state index is -1.19. The van der Waals surface area contributed by atoms with Crippen LogP contribution in [0.5, 0.6) is 0 Å². The van der Waals surface area contributed by atoms with Gasteiger partial charge in [-0.3, -0.25) is 4.21 Å². The summed E-state index contributed by atoms with van der Waals surface area (Å²) < 4.78 is 25.0. The Labute approximate surface area is 93.2 Å². The number of halogens is 1. The molecule has 0 heterocycles. The Morgan fingerprint density at radius 3 is 2.60 bits per heavy atom. The molecule has 1 aromatic carbocycles. The van der Waals surface area contributed by atoms with E-state index in [4.69, 9.17) is 0 Å². The van der Waals surface area contributed by atoms with Crippen LogP contribution >= 0.6 is 0 Å². The largest absolute Gasteiger partial charge is 0.254 e. The maximum Gasteiger partial charge on any atom is 0.139 e. The van der Waals surface area contributed by atoms with Crippen LogP contribution in [0, 0.1) is 11.7 Å². The van der Waals surface area contributed by atoms with Crippen molar-refractivity contribution >= 4 is 10.8 Å². The van der Waals surface area contributed by atoms with Crippen molar-refractivity contribution in [2.75, 3.05) is 5.75 Å². The molecular weight excluding hydrogens is 211 g/mol. The van der Waals surface area contributed by atoms with Crippen molar-refractivity contribution in [1.29, 1.82) is 0 Å². The van der Waals surface area contributed by atoms with Crippen molar-refractivity contribution in [3.05, 3.63) is 30.1 Å². The van der Waals surface area contributed by atoms with Crippen LogP contribution in [0.4, 0.5) is 4.39 Å². The highest BCUT2D eigenvalue weighted by atomic mass is 32.2. The van der Waals surface area contributed by atoms with E-state index in [0.717, 1.165) is 12.8 Å². The molecule has 1 nitrogen and oxygen atoms in total. The van der Waals surface area contributed by atoms with E-state index >= 15 is 0 Å². The molecule has 0 spiro atoms. The first kappa shape index (κ1) is 12.4. The molecule has 3 heteroatoms. The van der Waals surface area contributed by atoms with Crippen molar-refractivity contribution in [1.82, 2.24) is 0 Å². The van der Waals surface area contributed by atoms with Gasteiger partial charge in [0, 0.05) is 5.75 Å². The molecule has 15 heavy (non-hydrogen) atoms. The smallest absolute Gasteiger partial charge is 0.139 e. The molecular formula is C12H17FOS. The normalized spacial score (nSPS) is 13.1. The number of hydrogen-bond acceptors (Lipinski definition) is 1. The predicted molar refractivity (Wildman–Crippen MR) is 61.7 cm³/mol. The van der Waals surface area contributed by atoms with Crippen molar-refractivity contribution in [2.45, 2.75) is 31.6 Å². The summed E-state index contributed by atoms with van der Waals surface area (Å²) in [4.78, 5) is 0.334. The fourth-order valence-electron chi connectivity index (χ4n) is 1.36. The SMILES string of the molecule is CC(C)CCCS(=O)c1ccccc1F. The Bertz CT molecular complexity index is 336. The minimum absolute atomic E-state index is 0.334. The second-order valence-electron chi connectivity index (χ2n) is 4.02. The van der Waals surface area contributed by atoms with Gasteiger partial charge >= 0.3 is 0 Å². The fourth-order valence-corrected chi connectivity index (χ4v) is 2.53. The molecule has 0 aliphatic carbocycles. The molecule has 1 atom stereocenters. The van der Waals surface area contributed by atoms with Gasteiger partial charge in [-0.1, -0.05) is 32.4 Å². The molecule has 0 aliphatic rings. The Hall–Kier alpha value is -0.700. The number of rotatable bonds is 5. The quantitative estimate of drug-likeness (QED) is 0.755. The summed E-state index contributed by atoms with van der Waals surface area (Å²) >= 11 is 0. The Balaban J connectivity index is 2.51. The van der Waals surface area contributed by atoms with Gasteiger partial charge in [0.15, 0.2) is 0 Å². The first-order valence-electron chi connectivity index (χ1n) is 5.24. The summed E-state index contributed by atoms with van der Waals surface area (Å²) in [5.41, 5.74) is 0. The Morgan fingerprint density at radius 2 is 2.00 bits per heavy atom. The highest BCUT2D eigenvalue weighted by Gasteiger charge is 2.08. The predicted octanol–water partition coefficient (Wildman–Crippen LogP) is 3.37. The van der Waals surface area contributed by atoms with Gasteiger partial charge in [-0.2, -0.15) is 0 Å². The molecule has 0 bridgehead atoms. The van der Waals surface area contributed by atoms with E-state index in [9.17, 15) is 8.60 Å². The van der Waals surface area contributed by atoms with Crippen LogP contribution < -0.4 is 0 Å². The summed E-state index contributed by atoms with van der Waals surface area (Å²) in [6.45, 7) is 4.26. The Kier molecular flexibility index (Phi) is 4.95. The maximum atomic E-state index is 13.2. The van der Waals surface area contributed by atoms with E-state index in [2.05, 4.69) is 13.8 Å². The highest BCUT2D eigenvalue weighted by molar-refractivity contribution is 7.85. The lowest BCUT2D eigenvalue weighted by Crippen LogP contribution is -2.02. The summed E-state index contributed by atoms with van der Waals surface area (Å²) in [7, 11) is -1.19. The lowest BCUT2D eigenvalue weighted by Gasteiger charge is -2.05. The van der Waals surface area contributed by atoms with Crippen LogP contribution in [0.2, 0.25) is 0 Å².